The molecule has 7 heteroatoms. The molecular weight excluding hydrogens is 525 g/mol. The Balaban J connectivity index is 0.00000306. The lowest BCUT2D eigenvalue weighted by Gasteiger charge is -2.27. The minimum atomic E-state index is 0. The molecule has 0 aliphatic carbocycles. The van der Waals surface area contributed by atoms with Gasteiger partial charge in [-0.1, -0.05) is 24.3 Å². The van der Waals surface area contributed by atoms with Crippen LogP contribution in [0.5, 0.6) is 0 Å². The van der Waals surface area contributed by atoms with Crippen LogP contribution in [0, 0.1) is 0 Å². The van der Waals surface area contributed by atoms with Gasteiger partial charge in [0.2, 0.25) is 5.91 Å². The van der Waals surface area contributed by atoms with Crippen molar-refractivity contribution in [1.29, 1.82) is 0 Å². The Bertz CT molecular complexity index is 940. The first-order valence-electron chi connectivity index (χ1n) is 11.9. The SMILES string of the molecule is CN=C(NCc1ccc(N2CCCCC2=O)cc1)NC(C)c1cccc(N2CCCC2)c1.I. The molecule has 2 aliphatic heterocycles. The number of hydrogen-bond donors (Lipinski definition) is 2. The number of aliphatic imine (C=N–C) groups is 1. The molecule has 1 atom stereocenters. The quantitative estimate of drug-likeness (QED) is 0.301. The second-order valence-electron chi connectivity index (χ2n) is 8.75. The molecule has 2 aromatic rings. The summed E-state index contributed by atoms with van der Waals surface area (Å²) in [4.78, 5) is 20.9. The number of carbonyl (C=O) groups excluding carboxylic acids is 1. The highest BCUT2D eigenvalue weighted by atomic mass is 127. The average molecular weight is 562 g/mol. The van der Waals surface area contributed by atoms with Gasteiger partial charge in [0.25, 0.3) is 0 Å². The summed E-state index contributed by atoms with van der Waals surface area (Å²) in [7, 11) is 1.80. The Labute approximate surface area is 214 Å². The zero-order chi connectivity index (χ0) is 22.3. The predicted octanol–water partition coefficient (Wildman–Crippen LogP) is 4.85. The molecule has 2 saturated heterocycles. The molecule has 2 fully saturated rings. The van der Waals surface area contributed by atoms with Crippen LogP contribution in [0.25, 0.3) is 0 Å². The van der Waals surface area contributed by atoms with Crippen LogP contribution in [0.2, 0.25) is 0 Å². The Morgan fingerprint density at radius 2 is 1.73 bits per heavy atom. The third-order valence-electron chi connectivity index (χ3n) is 6.45. The third-order valence-corrected chi connectivity index (χ3v) is 6.45. The summed E-state index contributed by atoms with van der Waals surface area (Å²) in [6.45, 7) is 5.97. The normalized spacial score (nSPS) is 17.5. The third kappa shape index (κ3) is 6.62. The Morgan fingerprint density at radius 3 is 2.42 bits per heavy atom. The first kappa shape index (κ1) is 25.3. The van der Waals surface area contributed by atoms with Gasteiger partial charge in [0.1, 0.15) is 0 Å². The number of guanidine groups is 1. The van der Waals surface area contributed by atoms with Crippen LogP contribution in [0.1, 0.15) is 56.2 Å². The monoisotopic (exact) mass is 561 g/mol. The molecule has 0 bridgehead atoms. The molecule has 2 heterocycles. The maximum Gasteiger partial charge on any atom is 0.226 e. The molecule has 2 aromatic carbocycles. The van der Waals surface area contributed by atoms with Crippen LogP contribution >= 0.6 is 24.0 Å². The van der Waals surface area contributed by atoms with Gasteiger partial charge in [-0.2, -0.15) is 0 Å². The van der Waals surface area contributed by atoms with Crippen molar-refractivity contribution in [3.05, 3.63) is 59.7 Å². The Morgan fingerprint density at radius 1 is 1.00 bits per heavy atom. The van der Waals surface area contributed by atoms with Crippen LogP contribution in [0.3, 0.4) is 0 Å². The maximum atomic E-state index is 12.1. The second kappa shape index (κ2) is 12.3. The van der Waals surface area contributed by atoms with Crippen LogP contribution in [0.15, 0.2) is 53.5 Å². The number of piperidine rings is 1. The summed E-state index contributed by atoms with van der Waals surface area (Å²) in [5.41, 5.74) is 4.72. The van der Waals surface area contributed by atoms with E-state index in [1.807, 2.05) is 17.0 Å². The molecule has 0 aromatic heterocycles. The highest BCUT2D eigenvalue weighted by Gasteiger charge is 2.19. The van der Waals surface area contributed by atoms with Gasteiger partial charge < -0.3 is 20.4 Å². The van der Waals surface area contributed by atoms with Gasteiger partial charge in [-0.25, -0.2) is 0 Å². The molecule has 0 spiro atoms. The Kier molecular flexibility index (Phi) is 9.41. The number of halogens is 1. The molecule has 33 heavy (non-hydrogen) atoms. The molecular formula is C26H36IN5O. The van der Waals surface area contributed by atoms with Gasteiger partial charge in [-0.3, -0.25) is 9.79 Å². The molecule has 0 saturated carbocycles. The molecule has 2 aliphatic rings. The van der Waals surface area contributed by atoms with Gasteiger partial charge >= 0.3 is 0 Å². The van der Waals surface area contributed by atoms with E-state index in [0.717, 1.165) is 49.7 Å². The fourth-order valence-electron chi connectivity index (χ4n) is 4.51. The molecule has 0 radical (unpaired) electrons. The number of carbonyl (C=O) groups is 1. The fraction of sp³-hybridized carbons (Fsp3) is 0.462. The van der Waals surface area contributed by atoms with Crippen LogP contribution in [-0.2, 0) is 11.3 Å². The van der Waals surface area contributed by atoms with E-state index >= 15 is 0 Å². The average Bonchev–Trinajstić information content (AvgIpc) is 3.38. The number of nitrogens with one attached hydrogen (secondary N) is 2. The summed E-state index contributed by atoms with van der Waals surface area (Å²) in [5, 5.41) is 6.92. The van der Waals surface area contributed by atoms with E-state index in [2.05, 4.69) is 63.8 Å². The van der Waals surface area contributed by atoms with Crippen LogP contribution < -0.4 is 20.4 Å². The van der Waals surface area contributed by atoms with Gasteiger partial charge in [0, 0.05) is 51.0 Å². The van der Waals surface area contributed by atoms with E-state index in [1.54, 1.807) is 7.05 Å². The zero-order valence-electron chi connectivity index (χ0n) is 19.7. The molecule has 2 N–H and O–H groups in total. The largest absolute Gasteiger partial charge is 0.372 e. The predicted molar refractivity (Wildman–Crippen MR) is 148 cm³/mol. The lowest BCUT2D eigenvalue weighted by molar-refractivity contribution is -0.119. The van der Waals surface area contributed by atoms with Crippen molar-refractivity contribution in [3.63, 3.8) is 0 Å². The zero-order valence-corrected chi connectivity index (χ0v) is 22.0. The smallest absolute Gasteiger partial charge is 0.226 e. The van der Waals surface area contributed by atoms with Gasteiger partial charge in [-0.05, 0) is 68.0 Å². The van der Waals surface area contributed by atoms with Crippen molar-refractivity contribution >= 4 is 47.2 Å². The van der Waals surface area contributed by atoms with Gasteiger partial charge in [0.15, 0.2) is 5.96 Å². The maximum absolute atomic E-state index is 12.1. The van der Waals surface area contributed by atoms with E-state index in [0.29, 0.717) is 13.0 Å². The van der Waals surface area contributed by atoms with Crippen molar-refractivity contribution in [1.82, 2.24) is 10.6 Å². The van der Waals surface area contributed by atoms with Crippen molar-refractivity contribution in [2.24, 2.45) is 4.99 Å². The van der Waals surface area contributed by atoms with Crippen LogP contribution in [-0.4, -0.2) is 38.5 Å². The molecule has 4 rings (SSSR count). The lowest BCUT2D eigenvalue weighted by Crippen LogP contribution is -2.38. The number of anilines is 2. The first-order chi connectivity index (χ1) is 15.6. The van der Waals surface area contributed by atoms with E-state index < -0.39 is 0 Å². The van der Waals surface area contributed by atoms with Crippen molar-refractivity contribution in [3.8, 4) is 0 Å². The summed E-state index contributed by atoms with van der Waals surface area (Å²) in [5.74, 6) is 1.01. The topological polar surface area (TPSA) is 60.0 Å². The minimum Gasteiger partial charge on any atom is -0.372 e. The summed E-state index contributed by atoms with van der Waals surface area (Å²) in [6.07, 6.45) is 5.30. The molecule has 178 valence electrons. The number of hydrogen-bond acceptors (Lipinski definition) is 3. The van der Waals surface area contributed by atoms with Gasteiger partial charge in [-0.15, -0.1) is 24.0 Å². The molecule has 1 unspecified atom stereocenters. The number of nitrogens with zero attached hydrogens (tertiary/aromatic N) is 3. The fourth-order valence-corrected chi connectivity index (χ4v) is 4.51. The molecule has 1 amide bonds. The minimum absolute atomic E-state index is 0. The summed E-state index contributed by atoms with van der Waals surface area (Å²) in [6, 6.07) is 17.2. The van der Waals surface area contributed by atoms with E-state index in [-0.39, 0.29) is 35.9 Å². The van der Waals surface area contributed by atoms with E-state index in [4.69, 9.17) is 0 Å². The second-order valence-corrected chi connectivity index (χ2v) is 8.75. The number of benzene rings is 2. The number of amides is 1. The number of rotatable bonds is 6. The summed E-state index contributed by atoms with van der Waals surface area (Å²) < 4.78 is 0. The van der Waals surface area contributed by atoms with E-state index in [1.165, 1.54) is 24.1 Å². The van der Waals surface area contributed by atoms with Crippen molar-refractivity contribution in [2.45, 2.75) is 51.6 Å². The van der Waals surface area contributed by atoms with Crippen LogP contribution in [0.4, 0.5) is 11.4 Å². The standard InChI is InChI=1S/C26H35N5O.HI/c1-20(22-8-7-9-24(18-22)30-15-5-6-16-30)29-26(27-2)28-19-21-11-13-23(14-12-21)31-17-4-3-10-25(31)32;/h7-9,11-14,18,20H,3-6,10,15-17,19H2,1-2H3,(H2,27,28,29);1H. The lowest BCUT2D eigenvalue weighted by atomic mass is 10.1. The Hall–Kier alpha value is -2.29. The highest BCUT2D eigenvalue weighted by Crippen LogP contribution is 2.24. The molecule has 6 nitrogen and oxygen atoms in total. The first-order valence-corrected chi connectivity index (χ1v) is 11.9. The van der Waals surface area contributed by atoms with Crippen molar-refractivity contribution < 1.29 is 4.79 Å². The van der Waals surface area contributed by atoms with Crippen molar-refractivity contribution in [2.75, 3.05) is 36.5 Å². The highest BCUT2D eigenvalue weighted by molar-refractivity contribution is 14.0. The summed E-state index contributed by atoms with van der Waals surface area (Å²) >= 11 is 0. The van der Waals surface area contributed by atoms with Gasteiger partial charge in [0.05, 0.1) is 6.04 Å². The van der Waals surface area contributed by atoms with E-state index in [9.17, 15) is 4.79 Å².